The molecule has 0 saturated carbocycles. The zero-order valence-corrected chi connectivity index (χ0v) is 17.6. The number of thiophene rings is 1. The van der Waals surface area contributed by atoms with E-state index in [9.17, 15) is 4.79 Å². The molecule has 1 amide bonds. The van der Waals surface area contributed by atoms with Gasteiger partial charge in [0.2, 0.25) is 17.6 Å². The topological polar surface area (TPSA) is 71.7 Å². The van der Waals surface area contributed by atoms with Crippen LogP contribution in [0.2, 0.25) is 0 Å². The number of amides is 1. The van der Waals surface area contributed by atoms with E-state index < -0.39 is 0 Å². The van der Waals surface area contributed by atoms with Crippen molar-refractivity contribution in [1.82, 2.24) is 19.9 Å². The predicted octanol–water partition coefficient (Wildman–Crippen LogP) is 3.01. The molecule has 4 heterocycles. The van der Waals surface area contributed by atoms with E-state index in [4.69, 9.17) is 9.26 Å². The van der Waals surface area contributed by atoms with Crippen molar-refractivity contribution >= 4 is 17.2 Å². The average Bonchev–Trinajstić information content (AvgIpc) is 3.53. The fourth-order valence-electron chi connectivity index (χ4n) is 3.99. The SMILES string of the molecule is O=C(CCc1nc(-c2ccsc2)no1)N1CCN(Cc2ccc3c(c2)CCO3)CC1. The van der Waals surface area contributed by atoms with Gasteiger partial charge in [0.05, 0.1) is 6.61 Å². The second-order valence-corrected chi connectivity index (χ2v) is 8.50. The maximum absolute atomic E-state index is 12.6. The molecule has 3 aromatic rings. The van der Waals surface area contributed by atoms with Crippen LogP contribution < -0.4 is 4.74 Å². The maximum Gasteiger partial charge on any atom is 0.227 e. The lowest BCUT2D eigenvalue weighted by atomic mass is 10.1. The molecule has 2 aliphatic heterocycles. The number of hydrogen-bond acceptors (Lipinski definition) is 7. The average molecular weight is 425 g/mol. The van der Waals surface area contributed by atoms with Crippen LogP contribution in [0.15, 0.2) is 39.5 Å². The summed E-state index contributed by atoms with van der Waals surface area (Å²) in [6.45, 7) is 5.01. The number of carbonyl (C=O) groups excluding carboxylic acids is 1. The molecule has 0 aliphatic carbocycles. The Morgan fingerprint density at radius 3 is 2.90 bits per heavy atom. The molecule has 1 saturated heterocycles. The van der Waals surface area contributed by atoms with Gasteiger partial charge in [-0.1, -0.05) is 17.3 Å². The van der Waals surface area contributed by atoms with Gasteiger partial charge in [-0.2, -0.15) is 16.3 Å². The van der Waals surface area contributed by atoms with Crippen LogP contribution in [0.5, 0.6) is 5.75 Å². The number of ether oxygens (including phenoxy) is 1. The fraction of sp³-hybridized carbons (Fsp3) is 0.409. The first-order valence-corrected chi connectivity index (χ1v) is 11.3. The number of hydrogen-bond donors (Lipinski definition) is 0. The Bertz CT molecular complexity index is 1010. The molecule has 8 heteroatoms. The highest BCUT2D eigenvalue weighted by molar-refractivity contribution is 7.08. The third-order valence-electron chi connectivity index (χ3n) is 5.69. The number of aromatic nitrogens is 2. The molecule has 0 N–H and O–H groups in total. The van der Waals surface area contributed by atoms with Crippen molar-refractivity contribution in [3.05, 3.63) is 52.0 Å². The number of aryl methyl sites for hydroxylation is 1. The maximum atomic E-state index is 12.6. The van der Waals surface area contributed by atoms with Crippen molar-refractivity contribution in [2.75, 3.05) is 32.8 Å². The summed E-state index contributed by atoms with van der Waals surface area (Å²) in [5.74, 6) is 2.28. The zero-order chi connectivity index (χ0) is 20.3. The van der Waals surface area contributed by atoms with Gasteiger partial charge in [0.1, 0.15) is 5.75 Å². The van der Waals surface area contributed by atoms with E-state index in [1.807, 2.05) is 21.7 Å². The quantitative estimate of drug-likeness (QED) is 0.606. The van der Waals surface area contributed by atoms with Crippen molar-refractivity contribution in [2.45, 2.75) is 25.8 Å². The first kappa shape index (κ1) is 19.3. The normalized spacial score (nSPS) is 16.5. The number of nitrogens with zero attached hydrogens (tertiary/aromatic N) is 4. The minimum absolute atomic E-state index is 0.152. The Labute approximate surface area is 179 Å². The minimum atomic E-state index is 0.152. The smallest absolute Gasteiger partial charge is 0.227 e. The van der Waals surface area contributed by atoms with E-state index in [0.29, 0.717) is 24.6 Å². The molecule has 7 nitrogen and oxygen atoms in total. The monoisotopic (exact) mass is 424 g/mol. The lowest BCUT2D eigenvalue weighted by molar-refractivity contribution is -0.133. The van der Waals surface area contributed by atoms with Crippen LogP contribution in [0.4, 0.5) is 0 Å². The number of carbonyl (C=O) groups is 1. The summed E-state index contributed by atoms with van der Waals surface area (Å²) in [7, 11) is 0. The van der Waals surface area contributed by atoms with Gasteiger partial charge in [-0.05, 0) is 28.6 Å². The second kappa shape index (κ2) is 8.57. The number of benzene rings is 1. The third-order valence-corrected chi connectivity index (χ3v) is 6.37. The first-order chi connectivity index (χ1) is 14.7. The summed E-state index contributed by atoms with van der Waals surface area (Å²) >= 11 is 1.59. The van der Waals surface area contributed by atoms with Crippen molar-refractivity contribution < 1.29 is 14.1 Å². The van der Waals surface area contributed by atoms with Crippen molar-refractivity contribution in [1.29, 1.82) is 0 Å². The Balaban J connectivity index is 1.08. The van der Waals surface area contributed by atoms with Crippen molar-refractivity contribution in [3.8, 4) is 17.1 Å². The molecule has 156 valence electrons. The van der Waals surface area contributed by atoms with Gasteiger partial charge in [-0.15, -0.1) is 0 Å². The van der Waals surface area contributed by atoms with Crippen LogP contribution in [0.3, 0.4) is 0 Å². The molecule has 0 radical (unpaired) electrons. The van der Waals surface area contributed by atoms with Crippen LogP contribution in [-0.2, 0) is 24.2 Å². The van der Waals surface area contributed by atoms with Gasteiger partial charge in [-0.3, -0.25) is 9.69 Å². The first-order valence-electron chi connectivity index (χ1n) is 10.3. The van der Waals surface area contributed by atoms with Crippen molar-refractivity contribution in [2.24, 2.45) is 0 Å². The van der Waals surface area contributed by atoms with E-state index in [1.54, 1.807) is 11.3 Å². The molecule has 0 atom stereocenters. The van der Waals surface area contributed by atoms with Crippen LogP contribution in [0, 0.1) is 0 Å². The van der Waals surface area contributed by atoms with Gasteiger partial charge in [0.25, 0.3) is 0 Å². The fourth-order valence-corrected chi connectivity index (χ4v) is 4.62. The third kappa shape index (κ3) is 4.24. The van der Waals surface area contributed by atoms with Gasteiger partial charge >= 0.3 is 0 Å². The van der Waals surface area contributed by atoms with Gasteiger partial charge in [-0.25, -0.2) is 0 Å². The molecular formula is C22H24N4O3S. The Morgan fingerprint density at radius 2 is 2.07 bits per heavy atom. The number of piperazine rings is 1. The van der Waals surface area contributed by atoms with E-state index >= 15 is 0 Å². The molecule has 2 aliphatic rings. The van der Waals surface area contributed by atoms with Crippen molar-refractivity contribution in [3.63, 3.8) is 0 Å². The van der Waals surface area contributed by atoms with Gasteiger partial charge < -0.3 is 14.2 Å². The zero-order valence-electron chi connectivity index (χ0n) is 16.7. The van der Waals surface area contributed by atoms with E-state index in [-0.39, 0.29) is 5.91 Å². The van der Waals surface area contributed by atoms with Gasteiger partial charge in [0, 0.05) is 62.9 Å². The van der Waals surface area contributed by atoms with Gasteiger partial charge in [0.15, 0.2) is 0 Å². The molecule has 2 aromatic heterocycles. The molecule has 1 aromatic carbocycles. The predicted molar refractivity (Wildman–Crippen MR) is 113 cm³/mol. The molecule has 0 bridgehead atoms. The summed E-state index contributed by atoms with van der Waals surface area (Å²) in [6.07, 6.45) is 1.88. The minimum Gasteiger partial charge on any atom is -0.493 e. The van der Waals surface area contributed by atoms with E-state index in [1.165, 1.54) is 11.1 Å². The summed E-state index contributed by atoms with van der Waals surface area (Å²) in [6, 6.07) is 8.45. The molecule has 0 unspecified atom stereocenters. The highest BCUT2D eigenvalue weighted by Gasteiger charge is 2.22. The molecule has 0 spiro atoms. The lowest BCUT2D eigenvalue weighted by Gasteiger charge is -2.34. The largest absolute Gasteiger partial charge is 0.493 e. The van der Waals surface area contributed by atoms with Crippen LogP contribution >= 0.6 is 11.3 Å². The highest BCUT2D eigenvalue weighted by atomic mass is 32.1. The second-order valence-electron chi connectivity index (χ2n) is 7.72. The number of fused-ring (bicyclic) bond motifs is 1. The Hall–Kier alpha value is -2.71. The van der Waals surface area contributed by atoms with Crippen LogP contribution in [0.25, 0.3) is 11.4 Å². The summed E-state index contributed by atoms with van der Waals surface area (Å²) in [4.78, 5) is 21.4. The molecule has 5 rings (SSSR count). The number of rotatable bonds is 6. The summed E-state index contributed by atoms with van der Waals surface area (Å²) in [5.41, 5.74) is 3.58. The van der Waals surface area contributed by atoms with Crippen LogP contribution in [0.1, 0.15) is 23.4 Å². The van der Waals surface area contributed by atoms with Crippen LogP contribution in [-0.4, -0.2) is 58.6 Å². The lowest BCUT2D eigenvalue weighted by Crippen LogP contribution is -2.48. The summed E-state index contributed by atoms with van der Waals surface area (Å²) < 4.78 is 10.9. The highest BCUT2D eigenvalue weighted by Crippen LogP contribution is 2.26. The standard InChI is InChI=1S/C22H24N4O3S/c27-21(4-3-20-23-22(24-29-20)18-6-12-30-15-18)26-9-7-25(8-10-26)14-16-1-2-19-17(13-16)5-11-28-19/h1-2,6,12-13,15H,3-5,7-11,14H2. The molecule has 30 heavy (non-hydrogen) atoms. The molecule has 1 fully saturated rings. The van der Waals surface area contributed by atoms with E-state index in [0.717, 1.165) is 57.1 Å². The molecular weight excluding hydrogens is 400 g/mol. The Morgan fingerprint density at radius 1 is 1.17 bits per heavy atom. The summed E-state index contributed by atoms with van der Waals surface area (Å²) in [5, 5.41) is 7.96. The van der Waals surface area contributed by atoms with E-state index in [2.05, 4.69) is 33.2 Å². The Kier molecular flexibility index (Phi) is 5.50.